The molecule has 0 spiro atoms. The van der Waals surface area contributed by atoms with Gasteiger partial charge in [0.15, 0.2) is 0 Å². The van der Waals surface area contributed by atoms with Crippen molar-refractivity contribution in [2.24, 2.45) is 35.0 Å². The highest BCUT2D eigenvalue weighted by atomic mass is 16.3. The molecular formula is C51H87N11O10. The maximum absolute atomic E-state index is 14.2. The Hall–Kier alpha value is -5.51. The van der Waals surface area contributed by atoms with Crippen molar-refractivity contribution < 1.29 is 48.3 Å². The molecule has 0 unspecified atom stereocenters. The molecule has 1 aliphatic rings. The van der Waals surface area contributed by atoms with Gasteiger partial charge in [0, 0.05) is 31.7 Å². The minimum Gasteiger partial charge on any atom is -0.393 e. The van der Waals surface area contributed by atoms with E-state index in [9.17, 15) is 48.3 Å². The van der Waals surface area contributed by atoms with Crippen molar-refractivity contribution in [2.75, 3.05) is 26.2 Å². The van der Waals surface area contributed by atoms with E-state index < -0.39 is 102 Å². The summed E-state index contributed by atoms with van der Waals surface area (Å²) in [7, 11) is 0. The fourth-order valence-electron chi connectivity index (χ4n) is 8.36. The summed E-state index contributed by atoms with van der Waals surface area (Å²) in [6.45, 7) is 10.6. The Morgan fingerprint density at radius 3 is 1.68 bits per heavy atom. The maximum atomic E-state index is 14.2. The summed E-state index contributed by atoms with van der Waals surface area (Å²) in [6.07, 6.45) is 4.10. The average molecular weight is 1010 g/mol. The van der Waals surface area contributed by atoms with E-state index >= 15 is 0 Å². The van der Waals surface area contributed by atoms with Gasteiger partial charge in [-0.25, -0.2) is 0 Å². The Balaban J connectivity index is 2.61. The van der Waals surface area contributed by atoms with Crippen molar-refractivity contribution >= 4 is 53.0 Å². The molecule has 15 N–H and O–H groups in total. The van der Waals surface area contributed by atoms with Gasteiger partial charge in [0.1, 0.15) is 48.1 Å². The van der Waals surface area contributed by atoms with E-state index in [-0.39, 0.29) is 102 Å². The molecule has 0 saturated carbocycles. The van der Waals surface area contributed by atoms with Crippen LogP contribution < -0.4 is 59.7 Å². The molecule has 1 aromatic rings. The molecule has 1 saturated heterocycles. The first-order valence-electron chi connectivity index (χ1n) is 26.0. The van der Waals surface area contributed by atoms with Crippen LogP contribution in [0, 0.1) is 17.8 Å². The lowest BCUT2D eigenvalue weighted by Gasteiger charge is -2.28. The number of rotatable bonds is 24. The molecule has 1 heterocycles. The zero-order valence-corrected chi connectivity index (χ0v) is 43.5. The third kappa shape index (κ3) is 23.8. The summed E-state index contributed by atoms with van der Waals surface area (Å²) in [4.78, 5) is 125. The van der Waals surface area contributed by atoms with Crippen molar-refractivity contribution in [1.29, 1.82) is 0 Å². The fourth-order valence-corrected chi connectivity index (χ4v) is 8.36. The molecule has 21 nitrogen and oxygen atoms in total. The lowest BCUT2D eigenvalue weighted by atomic mass is 9.93. The topological polar surface area (TPSA) is 348 Å². The van der Waals surface area contributed by atoms with Gasteiger partial charge in [-0.05, 0) is 88.9 Å². The summed E-state index contributed by atoms with van der Waals surface area (Å²) in [5, 5.41) is 32.2. The molecule has 406 valence electrons. The molecule has 1 aromatic carbocycles. The van der Waals surface area contributed by atoms with Crippen LogP contribution in [0.3, 0.4) is 0 Å². The molecule has 9 atom stereocenters. The van der Waals surface area contributed by atoms with Crippen LogP contribution in [0.2, 0.25) is 0 Å². The third-order valence-electron chi connectivity index (χ3n) is 12.4. The molecule has 8 amide bonds. The van der Waals surface area contributed by atoms with Crippen molar-refractivity contribution in [3.05, 3.63) is 35.9 Å². The van der Waals surface area contributed by atoms with E-state index in [2.05, 4.69) is 49.5 Å². The van der Waals surface area contributed by atoms with Gasteiger partial charge in [-0.1, -0.05) is 97.1 Å². The molecule has 1 aliphatic heterocycles. The van der Waals surface area contributed by atoms with Gasteiger partial charge >= 0.3 is 0 Å². The lowest BCUT2D eigenvalue weighted by Crippen LogP contribution is -2.60. The van der Waals surface area contributed by atoms with Crippen LogP contribution >= 0.6 is 0 Å². The molecule has 72 heavy (non-hydrogen) atoms. The number of unbranched alkanes of at least 4 members (excludes halogenated alkanes) is 4. The van der Waals surface area contributed by atoms with Crippen molar-refractivity contribution in [3.63, 3.8) is 0 Å². The van der Waals surface area contributed by atoms with Gasteiger partial charge in [-0.3, -0.25) is 43.2 Å². The van der Waals surface area contributed by atoms with Crippen LogP contribution in [-0.2, 0) is 49.6 Å². The molecule has 21 heteroatoms. The molecule has 0 aromatic heterocycles. The van der Waals surface area contributed by atoms with Gasteiger partial charge in [-0.15, -0.1) is 0 Å². The first kappa shape index (κ1) is 62.6. The number of aliphatic hydroxyl groups excluding tert-OH is 1. The van der Waals surface area contributed by atoms with Crippen LogP contribution in [-0.4, -0.2) is 133 Å². The van der Waals surface area contributed by atoms with Crippen LogP contribution in [0.25, 0.3) is 0 Å². The molecule has 0 radical (unpaired) electrons. The monoisotopic (exact) mass is 1010 g/mol. The number of benzene rings is 1. The van der Waals surface area contributed by atoms with Gasteiger partial charge in [-0.2, -0.15) is 0 Å². The van der Waals surface area contributed by atoms with E-state index in [1.54, 1.807) is 30.3 Å². The standard InChI is InChI=1S/C51H87N11O10/c1-7-8-9-10-14-17-36(63)30-37(64)29-35(18-22-52)45(66)57-40-21-25-55-46(67)41(26-31(2)3)61-49(70)39(20-24-54)58-48(69)38(19-23-53)59-50(71)42(27-32(4)5)62-51(72)43(28-34-15-12-11-13-16-34)60-44(65)33(6)56-47(40)68/h11-13,15-16,31-33,35-36,38-43,63H,7-10,14,17-30,52-54H2,1-6H3,(H,55,67)(H,56,68)(H,57,66)(H,58,69)(H,59,71)(H,60,65)(H,61,70)(H,62,72)/t33-,35-,36+,38-,39-,40-,41-,42-,43+/m0/s1. The number of nitrogens with two attached hydrogens (primary N) is 3. The van der Waals surface area contributed by atoms with Crippen molar-refractivity contribution in [1.82, 2.24) is 42.5 Å². The second-order valence-electron chi connectivity index (χ2n) is 19.9. The number of carbonyl (C=O) groups is 9. The number of nitrogens with one attached hydrogen (secondary N) is 8. The highest BCUT2D eigenvalue weighted by Gasteiger charge is 2.35. The maximum Gasteiger partial charge on any atom is 0.243 e. The summed E-state index contributed by atoms with van der Waals surface area (Å²) in [5.41, 5.74) is 18.3. The molecule has 1 fully saturated rings. The van der Waals surface area contributed by atoms with E-state index in [1.165, 1.54) is 6.92 Å². The third-order valence-corrected chi connectivity index (χ3v) is 12.4. The average Bonchev–Trinajstić information content (AvgIpc) is 3.31. The van der Waals surface area contributed by atoms with Gasteiger partial charge < -0.3 is 64.8 Å². The first-order chi connectivity index (χ1) is 34.2. The van der Waals surface area contributed by atoms with Crippen LogP contribution in [0.1, 0.15) is 137 Å². The SMILES string of the molecule is CCCCCCC[C@@H](O)CC(=O)C[C@H](CCN)C(=O)N[C@H]1CCNC(=O)[C@H](CC(C)C)NC(=O)[C@H](CCN)NC(=O)[C@H](CCN)NC(=O)[C@H](CC(C)C)NC(=O)[C@@H](Cc2ccccc2)NC(=O)[C@H](C)NC1=O. The smallest absolute Gasteiger partial charge is 0.243 e. The number of amides is 8. The zero-order valence-electron chi connectivity index (χ0n) is 43.5. The lowest BCUT2D eigenvalue weighted by molar-refractivity contribution is -0.136. The highest BCUT2D eigenvalue weighted by molar-refractivity contribution is 5.98. The van der Waals surface area contributed by atoms with Crippen molar-refractivity contribution in [3.8, 4) is 0 Å². The molecular weight excluding hydrogens is 927 g/mol. The summed E-state index contributed by atoms with van der Waals surface area (Å²) in [6, 6.07) is 0.00737. The summed E-state index contributed by atoms with van der Waals surface area (Å²) < 4.78 is 0. The van der Waals surface area contributed by atoms with Gasteiger partial charge in [0.2, 0.25) is 47.3 Å². The Labute approximate surface area is 426 Å². The quantitative estimate of drug-likeness (QED) is 0.0607. The van der Waals surface area contributed by atoms with Gasteiger partial charge in [0.25, 0.3) is 0 Å². The Bertz CT molecular complexity index is 1890. The second-order valence-corrected chi connectivity index (χ2v) is 19.9. The largest absolute Gasteiger partial charge is 0.393 e. The number of hydrogen-bond donors (Lipinski definition) is 12. The number of Topliss-reactive ketones (excluding diaryl/α,β-unsaturated/α-hetero) is 1. The van der Waals surface area contributed by atoms with Crippen LogP contribution in [0.5, 0.6) is 0 Å². The molecule has 2 rings (SSSR count). The number of carbonyl (C=O) groups excluding carboxylic acids is 9. The Morgan fingerprint density at radius 1 is 0.625 bits per heavy atom. The number of aliphatic hydroxyl groups is 1. The second kappa shape index (κ2) is 34.0. The predicted octanol–water partition coefficient (Wildman–Crippen LogP) is -0.0120. The fraction of sp³-hybridized carbons (Fsp3) is 0.706. The minimum atomic E-state index is -1.39. The molecule has 0 bridgehead atoms. The normalized spacial score (nSPS) is 23.4. The zero-order chi connectivity index (χ0) is 53.8. The van der Waals surface area contributed by atoms with E-state index in [0.29, 0.717) is 12.0 Å². The van der Waals surface area contributed by atoms with E-state index in [4.69, 9.17) is 17.2 Å². The summed E-state index contributed by atoms with van der Waals surface area (Å²) in [5.74, 6) is -7.43. The minimum absolute atomic E-state index is 0.0225. The van der Waals surface area contributed by atoms with Crippen molar-refractivity contribution in [2.45, 2.75) is 186 Å². The van der Waals surface area contributed by atoms with E-state index in [0.717, 1.165) is 32.1 Å². The summed E-state index contributed by atoms with van der Waals surface area (Å²) >= 11 is 0. The van der Waals surface area contributed by atoms with Crippen LogP contribution in [0.15, 0.2) is 30.3 Å². The van der Waals surface area contributed by atoms with Gasteiger partial charge in [0.05, 0.1) is 6.10 Å². The van der Waals surface area contributed by atoms with Crippen LogP contribution in [0.4, 0.5) is 0 Å². The van der Waals surface area contributed by atoms with E-state index in [1.807, 2.05) is 27.7 Å². The number of ketones is 1. The predicted molar refractivity (Wildman–Crippen MR) is 274 cm³/mol. The molecule has 0 aliphatic carbocycles. The number of hydrogen-bond acceptors (Lipinski definition) is 13. The highest BCUT2D eigenvalue weighted by Crippen LogP contribution is 2.16. The Morgan fingerprint density at radius 2 is 1.14 bits per heavy atom. The Kier molecular flexibility index (Phi) is 29.6. The first-order valence-corrected chi connectivity index (χ1v) is 26.0.